The number of nitrogens with zero attached hydrogens (tertiary/aromatic N) is 1. The van der Waals surface area contributed by atoms with Gasteiger partial charge < -0.3 is 15.0 Å². The van der Waals surface area contributed by atoms with Crippen LogP contribution in [0, 0.1) is 0 Å². The van der Waals surface area contributed by atoms with E-state index in [1.54, 1.807) is 14.0 Å². The fourth-order valence-corrected chi connectivity index (χ4v) is 1.98. The Morgan fingerprint density at radius 3 is 2.76 bits per heavy atom. The first-order valence-electron chi connectivity index (χ1n) is 5.48. The molecule has 0 saturated carbocycles. The molecule has 4 heteroatoms. The number of fused-ring (bicyclic) bond motifs is 1. The quantitative estimate of drug-likeness (QED) is 0.820. The minimum atomic E-state index is -0.496. The van der Waals surface area contributed by atoms with E-state index in [4.69, 9.17) is 10.5 Å². The van der Waals surface area contributed by atoms with Gasteiger partial charge in [0, 0.05) is 12.4 Å². The topological polar surface area (TPSA) is 57.2 Å². The molecule has 0 bridgehead atoms. The number of ketones is 1. The summed E-state index contributed by atoms with van der Waals surface area (Å²) in [6.45, 7) is 1.69. The van der Waals surface area contributed by atoms with E-state index in [9.17, 15) is 4.79 Å². The van der Waals surface area contributed by atoms with Crippen LogP contribution in [0.2, 0.25) is 0 Å². The Morgan fingerprint density at radius 1 is 1.47 bits per heavy atom. The average Bonchev–Trinajstić information content (AvgIpc) is 2.66. The van der Waals surface area contributed by atoms with Crippen molar-refractivity contribution in [1.29, 1.82) is 0 Å². The number of hydrogen-bond donors (Lipinski definition) is 1. The molecule has 1 aromatic heterocycles. The zero-order valence-corrected chi connectivity index (χ0v) is 10.2. The predicted molar refractivity (Wildman–Crippen MR) is 67.5 cm³/mol. The molecule has 1 heterocycles. The summed E-state index contributed by atoms with van der Waals surface area (Å²) in [7, 11) is 3.48. The zero-order valence-electron chi connectivity index (χ0n) is 10.2. The van der Waals surface area contributed by atoms with E-state index in [1.807, 2.05) is 35.9 Å². The molecule has 0 spiro atoms. The van der Waals surface area contributed by atoms with Gasteiger partial charge in [0.05, 0.1) is 24.4 Å². The van der Waals surface area contributed by atoms with Gasteiger partial charge in [0.15, 0.2) is 5.78 Å². The summed E-state index contributed by atoms with van der Waals surface area (Å²) in [5.74, 6) is 0.701. The van der Waals surface area contributed by atoms with Crippen molar-refractivity contribution in [3.05, 3.63) is 30.0 Å². The monoisotopic (exact) mass is 232 g/mol. The van der Waals surface area contributed by atoms with Crippen LogP contribution in [0.25, 0.3) is 10.9 Å². The number of aromatic nitrogens is 1. The Bertz CT molecular complexity index is 570. The second-order valence-electron chi connectivity index (χ2n) is 4.13. The Balaban J connectivity index is 2.68. The summed E-state index contributed by atoms with van der Waals surface area (Å²) < 4.78 is 7.13. The molecule has 1 unspecified atom stereocenters. The maximum absolute atomic E-state index is 11.9. The average molecular weight is 232 g/mol. The van der Waals surface area contributed by atoms with Crippen LogP contribution >= 0.6 is 0 Å². The Labute approximate surface area is 100.0 Å². The van der Waals surface area contributed by atoms with Crippen LogP contribution in [0.1, 0.15) is 17.4 Å². The Hall–Kier alpha value is -1.81. The molecule has 0 radical (unpaired) electrons. The first-order valence-corrected chi connectivity index (χ1v) is 5.48. The SMILES string of the molecule is COc1cccc2c1cc(C(=O)C(C)N)n2C. The van der Waals surface area contributed by atoms with Crippen LogP contribution in [0.5, 0.6) is 5.75 Å². The molecule has 2 aromatic rings. The molecular weight excluding hydrogens is 216 g/mol. The fraction of sp³-hybridized carbons (Fsp3) is 0.308. The lowest BCUT2D eigenvalue weighted by Crippen LogP contribution is -2.28. The highest BCUT2D eigenvalue weighted by molar-refractivity contribution is 6.03. The third-order valence-electron chi connectivity index (χ3n) is 2.93. The summed E-state index contributed by atoms with van der Waals surface area (Å²) in [5, 5.41) is 0.932. The van der Waals surface area contributed by atoms with Gasteiger partial charge in [0.2, 0.25) is 0 Å². The number of nitrogens with two attached hydrogens (primary N) is 1. The largest absolute Gasteiger partial charge is 0.496 e. The number of ether oxygens (including phenoxy) is 1. The fourth-order valence-electron chi connectivity index (χ4n) is 1.98. The Kier molecular flexibility index (Phi) is 2.90. The number of hydrogen-bond acceptors (Lipinski definition) is 3. The molecule has 2 N–H and O–H groups in total. The van der Waals surface area contributed by atoms with Crippen LogP contribution < -0.4 is 10.5 Å². The van der Waals surface area contributed by atoms with E-state index in [0.29, 0.717) is 5.69 Å². The number of Topliss-reactive ketones (excluding diaryl/α,β-unsaturated/α-hetero) is 1. The molecule has 1 atom stereocenters. The molecule has 0 aliphatic carbocycles. The number of rotatable bonds is 3. The number of benzene rings is 1. The first kappa shape index (κ1) is 11.7. The highest BCUT2D eigenvalue weighted by atomic mass is 16.5. The molecular formula is C13H16N2O2. The zero-order chi connectivity index (χ0) is 12.6. The van der Waals surface area contributed by atoms with E-state index in [1.165, 1.54) is 0 Å². The van der Waals surface area contributed by atoms with E-state index in [2.05, 4.69) is 0 Å². The van der Waals surface area contributed by atoms with Gasteiger partial charge in [-0.3, -0.25) is 4.79 Å². The maximum Gasteiger partial charge on any atom is 0.195 e. The molecule has 90 valence electrons. The van der Waals surface area contributed by atoms with Gasteiger partial charge in [-0.1, -0.05) is 6.07 Å². The minimum absolute atomic E-state index is 0.0641. The van der Waals surface area contributed by atoms with Gasteiger partial charge in [0.25, 0.3) is 0 Å². The van der Waals surface area contributed by atoms with Crippen LogP contribution in [0.3, 0.4) is 0 Å². The number of carbonyl (C=O) groups is 1. The van der Waals surface area contributed by atoms with Crippen LogP contribution in [0.15, 0.2) is 24.3 Å². The van der Waals surface area contributed by atoms with Gasteiger partial charge >= 0.3 is 0 Å². The van der Waals surface area contributed by atoms with Crippen molar-refractivity contribution in [3.8, 4) is 5.75 Å². The van der Waals surface area contributed by atoms with Crippen LogP contribution in [-0.2, 0) is 7.05 Å². The minimum Gasteiger partial charge on any atom is -0.496 e. The molecule has 0 fully saturated rings. The van der Waals surface area contributed by atoms with Crippen molar-refractivity contribution in [2.75, 3.05) is 7.11 Å². The second-order valence-corrected chi connectivity index (χ2v) is 4.13. The van der Waals surface area contributed by atoms with E-state index in [-0.39, 0.29) is 5.78 Å². The van der Waals surface area contributed by atoms with Crippen molar-refractivity contribution in [2.45, 2.75) is 13.0 Å². The third-order valence-corrected chi connectivity index (χ3v) is 2.93. The normalized spacial score (nSPS) is 12.7. The second kappa shape index (κ2) is 4.22. The molecule has 0 aliphatic rings. The van der Waals surface area contributed by atoms with Crippen molar-refractivity contribution in [3.63, 3.8) is 0 Å². The lowest BCUT2D eigenvalue weighted by atomic mass is 10.1. The van der Waals surface area contributed by atoms with Crippen molar-refractivity contribution < 1.29 is 9.53 Å². The lowest BCUT2D eigenvalue weighted by molar-refractivity contribution is 0.0960. The highest BCUT2D eigenvalue weighted by Crippen LogP contribution is 2.28. The van der Waals surface area contributed by atoms with Gasteiger partial charge in [-0.2, -0.15) is 0 Å². The van der Waals surface area contributed by atoms with Gasteiger partial charge in [-0.05, 0) is 25.1 Å². The maximum atomic E-state index is 11.9. The predicted octanol–water partition coefficient (Wildman–Crippen LogP) is 1.72. The van der Waals surface area contributed by atoms with E-state index >= 15 is 0 Å². The molecule has 1 aromatic carbocycles. The summed E-state index contributed by atoms with van der Waals surface area (Å²) in [4.78, 5) is 11.9. The molecule has 17 heavy (non-hydrogen) atoms. The summed E-state index contributed by atoms with van der Waals surface area (Å²) in [5.41, 5.74) is 7.21. The van der Waals surface area contributed by atoms with Gasteiger partial charge in [-0.15, -0.1) is 0 Å². The number of methoxy groups -OCH3 is 1. The lowest BCUT2D eigenvalue weighted by Gasteiger charge is -2.05. The Morgan fingerprint density at radius 2 is 2.18 bits per heavy atom. The van der Waals surface area contributed by atoms with Gasteiger partial charge in [0.1, 0.15) is 5.75 Å². The molecule has 2 rings (SSSR count). The standard InChI is InChI=1S/C13H16N2O2/c1-8(14)13(16)11-7-9-10(15(11)2)5-4-6-12(9)17-3/h4-8H,14H2,1-3H3. The van der Waals surface area contributed by atoms with Crippen LogP contribution in [0.4, 0.5) is 0 Å². The van der Waals surface area contributed by atoms with Crippen molar-refractivity contribution in [2.24, 2.45) is 12.8 Å². The number of carbonyl (C=O) groups excluding carboxylic acids is 1. The van der Waals surface area contributed by atoms with Crippen molar-refractivity contribution in [1.82, 2.24) is 4.57 Å². The van der Waals surface area contributed by atoms with E-state index in [0.717, 1.165) is 16.7 Å². The molecule has 0 amide bonds. The molecule has 0 saturated heterocycles. The summed E-state index contributed by atoms with van der Waals surface area (Å²) >= 11 is 0. The molecule has 4 nitrogen and oxygen atoms in total. The van der Waals surface area contributed by atoms with Crippen LogP contribution in [-0.4, -0.2) is 23.5 Å². The highest BCUT2D eigenvalue weighted by Gasteiger charge is 2.17. The summed E-state index contributed by atoms with van der Waals surface area (Å²) in [6.07, 6.45) is 0. The smallest absolute Gasteiger partial charge is 0.195 e. The number of aryl methyl sites for hydroxylation is 1. The van der Waals surface area contributed by atoms with E-state index < -0.39 is 6.04 Å². The van der Waals surface area contributed by atoms with Gasteiger partial charge in [-0.25, -0.2) is 0 Å². The van der Waals surface area contributed by atoms with Crippen molar-refractivity contribution >= 4 is 16.7 Å². The summed E-state index contributed by atoms with van der Waals surface area (Å²) in [6, 6.07) is 7.07. The first-order chi connectivity index (χ1) is 8.06. The molecule has 0 aliphatic heterocycles. The third kappa shape index (κ3) is 1.80.